The molecule has 0 unspecified atom stereocenters. The van der Waals surface area contributed by atoms with Crippen molar-refractivity contribution in [3.8, 4) is 0 Å². The number of nitrogens with one attached hydrogen (secondary N) is 1. The lowest BCUT2D eigenvalue weighted by atomic mass is 10.1. The van der Waals surface area contributed by atoms with Crippen molar-refractivity contribution in [1.29, 1.82) is 0 Å². The van der Waals surface area contributed by atoms with Gasteiger partial charge in [-0.25, -0.2) is 4.39 Å². The fourth-order valence-electron chi connectivity index (χ4n) is 2.62. The maximum Gasteiger partial charge on any atom is 0.293 e. The van der Waals surface area contributed by atoms with E-state index >= 15 is 0 Å². The molecule has 8 heteroatoms. The number of hydrogen-bond donors (Lipinski definition) is 1. The Hall–Kier alpha value is -2.64. The van der Waals surface area contributed by atoms with Crippen molar-refractivity contribution in [3.63, 3.8) is 0 Å². The van der Waals surface area contributed by atoms with Crippen molar-refractivity contribution < 1.29 is 18.8 Å². The van der Waals surface area contributed by atoms with Crippen LogP contribution in [0.1, 0.15) is 11.1 Å². The molecule has 0 atom stereocenters. The number of imide groups is 1. The van der Waals surface area contributed by atoms with Gasteiger partial charge in [-0.2, -0.15) is 0 Å². The summed E-state index contributed by atoms with van der Waals surface area (Å²) in [6.07, 6.45) is 1.44. The van der Waals surface area contributed by atoms with Gasteiger partial charge in [-0.15, -0.1) is 0 Å². The van der Waals surface area contributed by atoms with Crippen LogP contribution in [0.3, 0.4) is 0 Å². The molecule has 1 aliphatic rings. The molecule has 0 saturated carbocycles. The first-order valence-corrected chi connectivity index (χ1v) is 9.65. The second-order valence-electron chi connectivity index (χ2n) is 5.97. The van der Waals surface area contributed by atoms with Gasteiger partial charge < -0.3 is 5.32 Å². The van der Waals surface area contributed by atoms with Gasteiger partial charge in [-0.3, -0.25) is 19.3 Å². The number of benzene rings is 2. The standard InChI is InChI=1S/C20H16ClFN2O3S/c21-15-7-4-8-16(22)14(15)12-18(25)23-9-10-24-19(26)17(28-20(24)27)11-13-5-2-1-3-6-13/h1-8,11H,9-10,12H2,(H,23,25). The molecule has 3 amide bonds. The van der Waals surface area contributed by atoms with E-state index in [9.17, 15) is 18.8 Å². The molecule has 3 rings (SSSR count). The molecule has 5 nitrogen and oxygen atoms in total. The lowest BCUT2D eigenvalue weighted by Crippen LogP contribution is -2.37. The summed E-state index contributed by atoms with van der Waals surface area (Å²) in [5, 5.41) is 2.36. The molecule has 0 bridgehead atoms. The Morgan fingerprint density at radius 2 is 1.89 bits per heavy atom. The molecule has 0 radical (unpaired) electrons. The van der Waals surface area contributed by atoms with Crippen LogP contribution in [0.2, 0.25) is 5.02 Å². The number of halogens is 2. The predicted molar refractivity (Wildman–Crippen MR) is 107 cm³/mol. The zero-order valence-corrected chi connectivity index (χ0v) is 16.2. The van der Waals surface area contributed by atoms with Crippen molar-refractivity contribution in [3.05, 3.63) is 75.4 Å². The van der Waals surface area contributed by atoms with Gasteiger partial charge in [-0.1, -0.05) is 48.0 Å². The number of hydrogen-bond acceptors (Lipinski definition) is 4. The summed E-state index contributed by atoms with van der Waals surface area (Å²) in [6.45, 7) is 0.106. The van der Waals surface area contributed by atoms with Crippen LogP contribution < -0.4 is 5.32 Å². The molecule has 1 N–H and O–H groups in total. The molecule has 0 spiro atoms. The summed E-state index contributed by atoms with van der Waals surface area (Å²) in [5.41, 5.74) is 0.932. The van der Waals surface area contributed by atoms with Gasteiger partial charge >= 0.3 is 0 Å². The smallest absolute Gasteiger partial charge is 0.293 e. The zero-order valence-electron chi connectivity index (χ0n) is 14.7. The van der Waals surface area contributed by atoms with Crippen LogP contribution in [0.15, 0.2) is 53.4 Å². The summed E-state index contributed by atoms with van der Waals surface area (Å²) in [4.78, 5) is 37.9. The van der Waals surface area contributed by atoms with Crippen LogP contribution in [0, 0.1) is 5.82 Å². The van der Waals surface area contributed by atoms with Crippen LogP contribution in [0.25, 0.3) is 6.08 Å². The number of rotatable bonds is 6. The lowest BCUT2D eigenvalue weighted by Gasteiger charge is -2.13. The largest absolute Gasteiger partial charge is 0.354 e. The maximum absolute atomic E-state index is 13.7. The van der Waals surface area contributed by atoms with Gasteiger partial charge in [0.05, 0.1) is 11.3 Å². The van der Waals surface area contributed by atoms with E-state index in [2.05, 4.69) is 5.32 Å². The van der Waals surface area contributed by atoms with Crippen LogP contribution in [0.5, 0.6) is 0 Å². The van der Waals surface area contributed by atoms with Crippen molar-refractivity contribution >= 4 is 46.5 Å². The molecule has 0 aromatic heterocycles. The number of carbonyl (C=O) groups is 3. The number of carbonyl (C=O) groups excluding carboxylic acids is 3. The van der Waals surface area contributed by atoms with Crippen molar-refractivity contribution in [2.75, 3.05) is 13.1 Å². The maximum atomic E-state index is 13.7. The molecule has 0 aliphatic carbocycles. The Balaban J connectivity index is 1.55. The first-order valence-electron chi connectivity index (χ1n) is 8.45. The van der Waals surface area contributed by atoms with E-state index in [1.165, 1.54) is 18.2 Å². The fourth-order valence-corrected chi connectivity index (χ4v) is 3.72. The molecular formula is C20H16ClFN2O3S. The van der Waals surface area contributed by atoms with Crippen LogP contribution >= 0.6 is 23.4 Å². The summed E-state index contributed by atoms with van der Waals surface area (Å²) in [7, 11) is 0. The van der Waals surface area contributed by atoms with E-state index in [0.29, 0.717) is 4.91 Å². The van der Waals surface area contributed by atoms with Crippen LogP contribution in [-0.2, 0) is 16.0 Å². The van der Waals surface area contributed by atoms with Gasteiger partial charge in [0, 0.05) is 23.7 Å². The van der Waals surface area contributed by atoms with Gasteiger partial charge in [-0.05, 0) is 35.5 Å². The Bertz CT molecular complexity index is 929. The molecule has 2 aromatic carbocycles. The number of thioether (sulfide) groups is 1. The van der Waals surface area contributed by atoms with Gasteiger partial charge in [0.25, 0.3) is 11.1 Å². The highest BCUT2D eigenvalue weighted by Gasteiger charge is 2.34. The van der Waals surface area contributed by atoms with E-state index in [1.807, 2.05) is 30.3 Å². The average Bonchev–Trinajstić information content (AvgIpc) is 2.93. The van der Waals surface area contributed by atoms with Gasteiger partial charge in [0.15, 0.2) is 0 Å². The molecule has 2 aromatic rings. The Kier molecular flexibility index (Phi) is 6.49. The average molecular weight is 419 g/mol. The van der Waals surface area contributed by atoms with E-state index in [4.69, 9.17) is 11.6 Å². The molecule has 1 fully saturated rings. The van der Waals surface area contributed by atoms with Crippen molar-refractivity contribution in [1.82, 2.24) is 10.2 Å². The van der Waals surface area contributed by atoms with Crippen molar-refractivity contribution in [2.45, 2.75) is 6.42 Å². The predicted octanol–water partition coefficient (Wildman–Crippen LogP) is 3.87. The van der Waals surface area contributed by atoms with E-state index in [0.717, 1.165) is 22.2 Å². The van der Waals surface area contributed by atoms with Crippen molar-refractivity contribution in [2.24, 2.45) is 0 Å². The minimum Gasteiger partial charge on any atom is -0.354 e. The minimum atomic E-state index is -0.556. The molecule has 1 heterocycles. The second kappa shape index (κ2) is 9.03. The normalized spacial score (nSPS) is 15.4. The molecule has 28 heavy (non-hydrogen) atoms. The quantitative estimate of drug-likeness (QED) is 0.723. The molecule has 144 valence electrons. The van der Waals surface area contributed by atoms with E-state index in [1.54, 1.807) is 6.08 Å². The topological polar surface area (TPSA) is 66.5 Å². The number of nitrogens with zero attached hydrogens (tertiary/aromatic N) is 1. The minimum absolute atomic E-state index is 0.0353. The third kappa shape index (κ3) is 4.79. The van der Waals surface area contributed by atoms with E-state index in [-0.39, 0.29) is 30.1 Å². The summed E-state index contributed by atoms with van der Waals surface area (Å²) in [5.74, 6) is -1.40. The summed E-state index contributed by atoms with van der Waals surface area (Å²) >= 11 is 6.77. The first kappa shape index (κ1) is 20.1. The third-order valence-corrected chi connectivity index (χ3v) is 5.29. The SMILES string of the molecule is O=C(Cc1c(F)cccc1Cl)NCCN1C(=O)SC(=Cc2ccccc2)C1=O. The Labute approximate surface area is 170 Å². The summed E-state index contributed by atoms with van der Waals surface area (Å²) < 4.78 is 13.7. The van der Waals surface area contributed by atoms with E-state index < -0.39 is 22.9 Å². The van der Waals surface area contributed by atoms with Crippen LogP contribution in [0.4, 0.5) is 9.18 Å². The highest BCUT2D eigenvalue weighted by molar-refractivity contribution is 8.18. The molecule has 1 aliphatic heterocycles. The second-order valence-corrected chi connectivity index (χ2v) is 7.37. The van der Waals surface area contributed by atoms with Gasteiger partial charge in [0.1, 0.15) is 5.82 Å². The molecule has 1 saturated heterocycles. The first-order chi connectivity index (χ1) is 13.5. The Morgan fingerprint density at radius 3 is 2.61 bits per heavy atom. The highest BCUT2D eigenvalue weighted by atomic mass is 35.5. The summed E-state index contributed by atoms with van der Waals surface area (Å²) in [6, 6.07) is 13.4. The third-order valence-electron chi connectivity index (χ3n) is 4.03. The number of amides is 3. The fraction of sp³-hybridized carbons (Fsp3) is 0.150. The zero-order chi connectivity index (χ0) is 20.1. The van der Waals surface area contributed by atoms with Crippen LogP contribution in [-0.4, -0.2) is 35.0 Å². The monoisotopic (exact) mass is 418 g/mol. The Morgan fingerprint density at radius 1 is 1.14 bits per heavy atom. The van der Waals surface area contributed by atoms with Gasteiger partial charge in [0.2, 0.25) is 5.91 Å². The molecular weight excluding hydrogens is 403 g/mol. The lowest BCUT2D eigenvalue weighted by molar-refractivity contribution is -0.124. The highest BCUT2D eigenvalue weighted by Crippen LogP contribution is 2.31.